The maximum Gasteiger partial charge on any atom is 0.416 e. The van der Waals surface area contributed by atoms with Crippen LogP contribution in [-0.2, 0) is 11.0 Å². The van der Waals surface area contributed by atoms with E-state index in [-0.39, 0.29) is 30.4 Å². The van der Waals surface area contributed by atoms with Crippen LogP contribution in [0.4, 0.5) is 13.2 Å². The Bertz CT molecular complexity index is 619. The molecule has 23 heavy (non-hydrogen) atoms. The number of aliphatic hydroxyl groups excluding tert-OH is 1. The van der Waals surface area contributed by atoms with Crippen molar-refractivity contribution in [1.82, 2.24) is 4.90 Å². The Morgan fingerprint density at radius 3 is 2.48 bits per heavy atom. The predicted molar refractivity (Wildman–Crippen MR) is 78.4 cm³/mol. The smallest absolute Gasteiger partial charge is 0.391 e. The third-order valence-electron chi connectivity index (χ3n) is 4.54. The van der Waals surface area contributed by atoms with E-state index in [1.54, 1.807) is 0 Å². The first-order valence-corrected chi connectivity index (χ1v) is 7.67. The molecule has 0 radical (unpaired) electrons. The van der Waals surface area contributed by atoms with Crippen LogP contribution in [0, 0.1) is 5.92 Å². The molecular weight excluding hydrogens is 307 g/mol. The van der Waals surface area contributed by atoms with Gasteiger partial charge in [0.25, 0.3) is 0 Å². The summed E-state index contributed by atoms with van der Waals surface area (Å²) in [4.78, 5) is 14.1. The average Bonchev–Trinajstić information content (AvgIpc) is 3.15. The van der Waals surface area contributed by atoms with Crippen molar-refractivity contribution in [2.45, 2.75) is 37.6 Å². The molecule has 1 aromatic rings. The SMILES string of the molecule is O=C(C1CC=CC1)N1C[C@@H](O)C[C@@H]1c1ccccc1C(F)(F)F. The fourth-order valence-electron chi connectivity index (χ4n) is 3.45. The third-order valence-corrected chi connectivity index (χ3v) is 4.54. The molecule has 1 saturated heterocycles. The molecule has 1 amide bonds. The summed E-state index contributed by atoms with van der Waals surface area (Å²) < 4.78 is 39.8. The number of hydrogen-bond acceptors (Lipinski definition) is 2. The summed E-state index contributed by atoms with van der Waals surface area (Å²) in [6, 6.07) is 4.58. The molecule has 3 rings (SSSR count). The second kappa shape index (κ2) is 6.00. The lowest BCUT2D eigenvalue weighted by Gasteiger charge is -2.29. The quantitative estimate of drug-likeness (QED) is 0.848. The predicted octanol–water partition coefficient (Wildman–Crippen LogP) is 3.31. The number of hydrogen-bond donors (Lipinski definition) is 1. The number of amides is 1. The Labute approximate surface area is 132 Å². The molecule has 6 heteroatoms. The highest BCUT2D eigenvalue weighted by Crippen LogP contribution is 2.41. The molecule has 1 fully saturated rings. The van der Waals surface area contributed by atoms with E-state index in [9.17, 15) is 23.1 Å². The molecule has 1 N–H and O–H groups in total. The molecule has 0 aromatic heterocycles. The number of β-amino-alcohol motifs (C(OH)–C–C–N with tert-alkyl or cyclic N) is 1. The van der Waals surface area contributed by atoms with E-state index < -0.39 is 23.9 Å². The number of alkyl halides is 3. The summed E-state index contributed by atoms with van der Waals surface area (Å²) >= 11 is 0. The van der Waals surface area contributed by atoms with Crippen LogP contribution in [0.1, 0.15) is 36.4 Å². The highest BCUT2D eigenvalue weighted by Gasteiger charge is 2.42. The van der Waals surface area contributed by atoms with Crippen molar-refractivity contribution >= 4 is 5.91 Å². The van der Waals surface area contributed by atoms with Crippen LogP contribution in [-0.4, -0.2) is 28.6 Å². The molecule has 0 saturated carbocycles. The van der Waals surface area contributed by atoms with Gasteiger partial charge in [0.2, 0.25) is 5.91 Å². The summed E-state index contributed by atoms with van der Waals surface area (Å²) in [6.07, 6.45) is -0.0913. The molecule has 2 aliphatic rings. The Kier molecular flexibility index (Phi) is 4.19. The van der Waals surface area contributed by atoms with E-state index in [2.05, 4.69) is 0 Å². The minimum atomic E-state index is -4.48. The van der Waals surface area contributed by atoms with Crippen LogP contribution < -0.4 is 0 Å². The van der Waals surface area contributed by atoms with Crippen LogP contribution in [0.3, 0.4) is 0 Å². The highest BCUT2D eigenvalue weighted by atomic mass is 19.4. The molecule has 0 unspecified atom stereocenters. The Hall–Kier alpha value is -1.82. The van der Waals surface area contributed by atoms with Crippen molar-refractivity contribution in [2.24, 2.45) is 5.92 Å². The number of halogens is 3. The lowest BCUT2D eigenvalue weighted by atomic mass is 9.96. The Balaban J connectivity index is 1.93. The zero-order chi connectivity index (χ0) is 16.6. The monoisotopic (exact) mass is 325 g/mol. The van der Waals surface area contributed by atoms with Crippen molar-refractivity contribution < 1.29 is 23.1 Å². The Morgan fingerprint density at radius 2 is 1.83 bits per heavy atom. The van der Waals surface area contributed by atoms with E-state index in [1.807, 2.05) is 12.2 Å². The number of carbonyl (C=O) groups is 1. The molecule has 0 spiro atoms. The molecule has 1 aromatic carbocycles. The van der Waals surface area contributed by atoms with Gasteiger partial charge < -0.3 is 10.0 Å². The zero-order valence-corrected chi connectivity index (χ0v) is 12.5. The largest absolute Gasteiger partial charge is 0.416 e. The van der Waals surface area contributed by atoms with E-state index in [0.717, 1.165) is 6.07 Å². The van der Waals surface area contributed by atoms with E-state index in [4.69, 9.17) is 0 Å². The number of rotatable bonds is 2. The van der Waals surface area contributed by atoms with Crippen molar-refractivity contribution in [2.75, 3.05) is 6.54 Å². The van der Waals surface area contributed by atoms with Gasteiger partial charge in [0.1, 0.15) is 0 Å². The van der Waals surface area contributed by atoms with Crippen LogP contribution in [0.2, 0.25) is 0 Å². The van der Waals surface area contributed by atoms with Gasteiger partial charge in [-0.25, -0.2) is 0 Å². The van der Waals surface area contributed by atoms with Crippen molar-refractivity contribution in [3.63, 3.8) is 0 Å². The first-order valence-electron chi connectivity index (χ1n) is 7.67. The van der Waals surface area contributed by atoms with Gasteiger partial charge in [0, 0.05) is 12.5 Å². The lowest BCUT2D eigenvalue weighted by Crippen LogP contribution is -2.36. The average molecular weight is 325 g/mol. The van der Waals surface area contributed by atoms with Crippen LogP contribution in [0.15, 0.2) is 36.4 Å². The second-order valence-electron chi connectivity index (χ2n) is 6.12. The van der Waals surface area contributed by atoms with Gasteiger partial charge in [-0.3, -0.25) is 4.79 Å². The number of carbonyl (C=O) groups excluding carboxylic acids is 1. The van der Waals surface area contributed by atoms with Gasteiger partial charge >= 0.3 is 6.18 Å². The van der Waals surface area contributed by atoms with Gasteiger partial charge in [-0.15, -0.1) is 0 Å². The summed E-state index contributed by atoms with van der Waals surface area (Å²) in [5.41, 5.74) is -0.669. The van der Waals surface area contributed by atoms with Gasteiger partial charge in [-0.05, 0) is 30.9 Å². The molecule has 1 aliphatic carbocycles. The van der Waals surface area contributed by atoms with Crippen LogP contribution in [0.25, 0.3) is 0 Å². The summed E-state index contributed by atoms with van der Waals surface area (Å²) in [7, 11) is 0. The molecule has 1 aliphatic heterocycles. The summed E-state index contributed by atoms with van der Waals surface area (Å²) in [5.74, 6) is -0.394. The zero-order valence-electron chi connectivity index (χ0n) is 12.5. The topological polar surface area (TPSA) is 40.5 Å². The number of likely N-dealkylation sites (tertiary alicyclic amines) is 1. The third kappa shape index (κ3) is 3.13. The number of nitrogens with zero attached hydrogens (tertiary/aromatic N) is 1. The van der Waals surface area contributed by atoms with E-state index in [0.29, 0.717) is 12.8 Å². The van der Waals surface area contributed by atoms with Crippen molar-refractivity contribution in [1.29, 1.82) is 0 Å². The van der Waals surface area contributed by atoms with Gasteiger partial charge in [-0.2, -0.15) is 13.2 Å². The molecule has 1 heterocycles. The van der Waals surface area contributed by atoms with Gasteiger partial charge in [0.05, 0.1) is 17.7 Å². The summed E-state index contributed by atoms with van der Waals surface area (Å²) in [6.45, 7) is 0.0895. The molecule has 0 bridgehead atoms. The second-order valence-corrected chi connectivity index (χ2v) is 6.12. The first kappa shape index (κ1) is 16.1. The lowest BCUT2D eigenvalue weighted by molar-refractivity contribution is -0.141. The van der Waals surface area contributed by atoms with E-state index in [1.165, 1.54) is 23.1 Å². The van der Waals surface area contributed by atoms with Gasteiger partial charge in [0.15, 0.2) is 0 Å². The highest BCUT2D eigenvalue weighted by molar-refractivity contribution is 5.80. The molecule has 3 nitrogen and oxygen atoms in total. The number of aliphatic hydroxyl groups is 1. The van der Waals surface area contributed by atoms with Crippen molar-refractivity contribution in [3.8, 4) is 0 Å². The summed E-state index contributed by atoms with van der Waals surface area (Å²) in [5, 5.41) is 9.93. The normalized spacial score (nSPS) is 25.3. The molecular formula is C17H18F3NO2. The number of allylic oxidation sites excluding steroid dienone is 2. The van der Waals surface area contributed by atoms with Crippen molar-refractivity contribution in [3.05, 3.63) is 47.5 Å². The fraction of sp³-hybridized carbons (Fsp3) is 0.471. The minimum absolute atomic E-state index is 0.0656. The maximum absolute atomic E-state index is 13.3. The number of benzene rings is 1. The van der Waals surface area contributed by atoms with Gasteiger partial charge in [-0.1, -0.05) is 30.4 Å². The first-order chi connectivity index (χ1) is 10.9. The fourth-order valence-corrected chi connectivity index (χ4v) is 3.45. The van der Waals surface area contributed by atoms with Crippen LogP contribution in [0.5, 0.6) is 0 Å². The molecule has 2 atom stereocenters. The van der Waals surface area contributed by atoms with Crippen LogP contribution >= 0.6 is 0 Å². The maximum atomic E-state index is 13.3. The standard InChI is InChI=1S/C17H18F3NO2/c18-17(19,20)14-8-4-3-7-13(14)15-9-12(22)10-21(15)16(23)11-5-1-2-6-11/h1-4,7-8,11-12,15,22H,5-6,9-10H2/t12-,15+/m0/s1. The van der Waals surface area contributed by atoms with E-state index >= 15 is 0 Å². The Morgan fingerprint density at radius 1 is 1.17 bits per heavy atom. The minimum Gasteiger partial charge on any atom is -0.391 e. The molecule has 124 valence electrons.